The number of aromatic hydroxyl groups is 2. The molecule has 9 nitrogen and oxygen atoms in total. The maximum atomic E-state index is 12.7. The van der Waals surface area contributed by atoms with Gasteiger partial charge in [0, 0.05) is 17.0 Å². The highest BCUT2D eigenvalue weighted by atomic mass is 16.5. The standard InChI is InChI=1S/C30H32O9/c1-36-26-12-18(4-6-25(26)34)28-23(14-32)22-10-17(11-27(37-2)29(22)39-28)8-20-15-38-30(35)21(20)9-16-3-5-24(33)19(7-16)13-31/h3-7,10-12,20-21,23,28,31-34H,8-9,13-15H2,1-2H3. The molecule has 206 valence electrons. The second-order valence-electron chi connectivity index (χ2n) is 10.0. The summed E-state index contributed by atoms with van der Waals surface area (Å²) in [4.78, 5) is 12.7. The molecule has 1 fully saturated rings. The van der Waals surface area contributed by atoms with Gasteiger partial charge in [-0.05, 0) is 59.9 Å². The number of phenolic OH excluding ortho intramolecular Hbond substituents is 1. The Morgan fingerprint density at radius 3 is 2.36 bits per heavy atom. The van der Waals surface area contributed by atoms with Gasteiger partial charge >= 0.3 is 5.97 Å². The van der Waals surface area contributed by atoms with E-state index in [9.17, 15) is 25.2 Å². The van der Waals surface area contributed by atoms with E-state index in [0.717, 1.165) is 22.3 Å². The van der Waals surface area contributed by atoms with Gasteiger partial charge in [0.2, 0.25) is 0 Å². The second kappa shape index (κ2) is 11.0. The third-order valence-electron chi connectivity index (χ3n) is 7.68. The van der Waals surface area contributed by atoms with Crippen LogP contribution in [0, 0.1) is 11.8 Å². The first kappa shape index (κ1) is 26.6. The Kier molecular flexibility index (Phi) is 7.54. The Bertz CT molecular complexity index is 1370. The topological polar surface area (TPSA) is 135 Å². The molecule has 0 aliphatic carbocycles. The highest BCUT2D eigenvalue weighted by Crippen LogP contribution is 2.51. The molecule has 2 aliphatic rings. The number of hydrogen-bond donors (Lipinski definition) is 4. The number of methoxy groups -OCH3 is 2. The molecule has 0 bridgehead atoms. The predicted molar refractivity (Wildman–Crippen MR) is 140 cm³/mol. The number of carbonyl (C=O) groups is 1. The highest BCUT2D eigenvalue weighted by molar-refractivity contribution is 5.75. The van der Waals surface area contributed by atoms with Gasteiger partial charge in [0.1, 0.15) is 11.9 Å². The molecule has 3 aromatic carbocycles. The van der Waals surface area contributed by atoms with Gasteiger partial charge in [0.05, 0.1) is 45.9 Å². The first-order chi connectivity index (χ1) is 18.9. The molecule has 2 aliphatic heterocycles. The largest absolute Gasteiger partial charge is 0.508 e. The van der Waals surface area contributed by atoms with E-state index in [4.69, 9.17) is 18.9 Å². The zero-order valence-corrected chi connectivity index (χ0v) is 21.8. The third-order valence-corrected chi connectivity index (χ3v) is 7.68. The van der Waals surface area contributed by atoms with Crippen molar-refractivity contribution in [3.8, 4) is 28.7 Å². The zero-order chi connectivity index (χ0) is 27.7. The molecule has 1 saturated heterocycles. The van der Waals surface area contributed by atoms with Gasteiger partial charge in [-0.25, -0.2) is 0 Å². The van der Waals surface area contributed by atoms with Crippen molar-refractivity contribution in [1.82, 2.24) is 0 Å². The molecule has 2 heterocycles. The summed E-state index contributed by atoms with van der Waals surface area (Å²) in [5, 5.41) is 39.7. The molecule has 9 heteroatoms. The molecule has 5 rings (SSSR count). The molecule has 0 amide bonds. The minimum atomic E-state index is -0.511. The maximum Gasteiger partial charge on any atom is 0.309 e. The summed E-state index contributed by atoms with van der Waals surface area (Å²) in [7, 11) is 3.03. The molecular formula is C30H32O9. The van der Waals surface area contributed by atoms with Gasteiger partial charge < -0.3 is 39.4 Å². The number of ether oxygens (including phenoxy) is 4. The van der Waals surface area contributed by atoms with Crippen LogP contribution in [0.3, 0.4) is 0 Å². The summed E-state index contributed by atoms with van der Waals surface area (Å²) >= 11 is 0. The first-order valence-corrected chi connectivity index (χ1v) is 12.8. The Morgan fingerprint density at radius 1 is 0.872 bits per heavy atom. The van der Waals surface area contributed by atoms with E-state index in [-0.39, 0.29) is 55.0 Å². The van der Waals surface area contributed by atoms with Gasteiger partial charge in [0.25, 0.3) is 0 Å². The van der Waals surface area contributed by atoms with Gasteiger partial charge in [-0.3, -0.25) is 4.79 Å². The minimum absolute atomic E-state index is 0.0138. The lowest BCUT2D eigenvalue weighted by molar-refractivity contribution is -0.141. The van der Waals surface area contributed by atoms with Crippen LogP contribution >= 0.6 is 0 Å². The van der Waals surface area contributed by atoms with Crippen LogP contribution in [0.1, 0.15) is 39.8 Å². The molecule has 4 atom stereocenters. The summed E-state index contributed by atoms with van der Waals surface area (Å²) < 4.78 is 22.6. The van der Waals surface area contributed by atoms with Gasteiger partial charge in [-0.1, -0.05) is 18.2 Å². The van der Waals surface area contributed by atoms with Gasteiger partial charge in [-0.2, -0.15) is 0 Å². The van der Waals surface area contributed by atoms with E-state index < -0.39 is 6.10 Å². The van der Waals surface area contributed by atoms with Crippen molar-refractivity contribution in [2.75, 3.05) is 27.4 Å². The number of aliphatic hydroxyl groups is 2. The number of cyclic esters (lactones) is 1. The lowest BCUT2D eigenvalue weighted by Crippen LogP contribution is -2.21. The quantitative estimate of drug-likeness (QED) is 0.304. The highest BCUT2D eigenvalue weighted by Gasteiger charge is 2.40. The van der Waals surface area contributed by atoms with Crippen LogP contribution in [0.4, 0.5) is 0 Å². The van der Waals surface area contributed by atoms with Crippen LogP contribution in [0.15, 0.2) is 48.5 Å². The van der Waals surface area contributed by atoms with Crippen molar-refractivity contribution in [2.45, 2.75) is 31.5 Å². The average Bonchev–Trinajstić information content (AvgIpc) is 3.49. The molecule has 3 aromatic rings. The fourth-order valence-corrected chi connectivity index (χ4v) is 5.60. The summed E-state index contributed by atoms with van der Waals surface area (Å²) in [6.45, 7) is -0.183. The Morgan fingerprint density at radius 2 is 1.64 bits per heavy atom. The number of fused-ring (bicyclic) bond motifs is 1. The summed E-state index contributed by atoms with van der Waals surface area (Å²) in [5.41, 5.74) is 3.71. The molecule has 4 N–H and O–H groups in total. The first-order valence-electron chi connectivity index (χ1n) is 12.8. The number of hydrogen-bond acceptors (Lipinski definition) is 9. The number of phenols is 2. The number of aliphatic hydroxyl groups excluding tert-OH is 2. The summed E-state index contributed by atoms with van der Waals surface area (Å²) in [6, 6.07) is 13.8. The monoisotopic (exact) mass is 536 g/mol. The van der Waals surface area contributed by atoms with E-state index in [0.29, 0.717) is 35.7 Å². The third kappa shape index (κ3) is 5.07. The van der Waals surface area contributed by atoms with Crippen molar-refractivity contribution < 1.29 is 44.2 Å². The molecule has 0 saturated carbocycles. The Hall–Kier alpha value is -3.95. The smallest absolute Gasteiger partial charge is 0.309 e. The fraction of sp³-hybridized carbons (Fsp3) is 0.367. The number of esters is 1. The second-order valence-corrected chi connectivity index (χ2v) is 10.0. The van der Waals surface area contributed by atoms with Crippen molar-refractivity contribution in [3.05, 3.63) is 76.3 Å². The molecule has 4 unspecified atom stereocenters. The normalized spacial score (nSPS) is 21.8. The summed E-state index contributed by atoms with van der Waals surface area (Å²) in [5.74, 6) is 0.283. The van der Waals surface area contributed by atoms with Gasteiger partial charge in [0.15, 0.2) is 23.0 Å². The van der Waals surface area contributed by atoms with Crippen LogP contribution in [-0.4, -0.2) is 53.8 Å². The lowest BCUT2D eigenvalue weighted by atomic mass is 9.83. The number of benzene rings is 3. The SMILES string of the molecule is COc1cc(C2Oc3c(OC)cc(CC4COC(=O)C4Cc4ccc(O)c(CO)c4)cc3C2CO)ccc1O. The van der Waals surface area contributed by atoms with Crippen molar-refractivity contribution in [1.29, 1.82) is 0 Å². The van der Waals surface area contributed by atoms with Gasteiger partial charge in [-0.15, -0.1) is 0 Å². The van der Waals surface area contributed by atoms with E-state index >= 15 is 0 Å². The average molecular weight is 537 g/mol. The predicted octanol–water partition coefficient (Wildman–Crippen LogP) is 3.39. The Labute approximate surface area is 226 Å². The zero-order valence-electron chi connectivity index (χ0n) is 21.8. The molecular weight excluding hydrogens is 504 g/mol. The maximum absolute atomic E-state index is 12.7. The van der Waals surface area contributed by atoms with Crippen LogP contribution in [-0.2, 0) is 29.0 Å². The fourth-order valence-electron chi connectivity index (χ4n) is 5.60. The van der Waals surface area contributed by atoms with Crippen LogP contribution in [0.5, 0.6) is 28.7 Å². The lowest BCUT2D eigenvalue weighted by Gasteiger charge is -2.19. The van der Waals surface area contributed by atoms with E-state index in [1.54, 1.807) is 31.4 Å². The van der Waals surface area contributed by atoms with E-state index in [1.807, 2.05) is 12.1 Å². The van der Waals surface area contributed by atoms with E-state index in [2.05, 4.69) is 0 Å². The minimum Gasteiger partial charge on any atom is -0.508 e. The summed E-state index contributed by atoms with van der Waals surface area (Å²) in [6.07, 6.45) is 0.454. The van der Waals surface area contributed by atoms with Crippen molar-refractivity contribution in [2.24, 2.45) is 11.8 Å². The van der Waals surface area contributed by atoms with Crippen molar-refractivity contribution in [3.63, 3.8) is 0 Å². The van der Waals surface area contributed by atoms with Crippen LogP contribution in [0.25, 0.3) is 0 Å². The van der Waals surface area contributed by atoms with Crippen LogP contribution in [0.2, 0.25) is 0 Å². The van der Waals surface area contributed by atoms with Crippen LogP contribution < -0.4 is 14.2 Å². The number of carbonyl (C=O) groups excluding carboxylic acids is 1. The number of rotatable bonds is 9. The van der Waals surface area contributed by atoms with E-state index in [1.165, 1.54) is 19.2 Å². The molecule has 0 spiro atoms. The Balaban J connectivity index is 1.41. The van der Waals surface area contributed by atoms with Crippen molar-refractivity contribution >= 4 is 5.97 Å². The molecule has 39 heavy (non-hydrogen) atoms. The molecule has 0 aromatic heterocycles. The molecule has 0 radical (unpaired) electrons.